The van der Waals surface area contributed by atoms with Gasteiger partial charge in [0.05, 0.1) is 5.71 Å². The lowest BCUT2D eigenvalue weighted by Crippen LogP contribution is -2.41. The van der Waals surface area contributed by atoms with E-state index in [1.165, 1.54) is 12.1 Å². The molecule has 0 aliphatic carbocycles. The van der Waals surface area contributed by atoms with Crippen LogP contribution in [-0.2, 0) is 0 Å². The lowest BCUT2D eigenvalue weighted by molar-refractivity contribution is 0.627. The van der Waals surface area contributed by atoms with Gasteiger partial charge in [0.1, 0.15) is 17.5 Å². The molecule has 1 atom stereocenters. The molecule has 33 heavy (non-hydrogen) atoms. The highest BCUT2D eigenvalue weighted by Crippen LogP contribution is 2.25. The van der Waals surface area contributed by atoms with Gasteiger partial charge in [-0.2, -0.15) is 0 Å². The molecular weight excluding hydrogens is 413 g/mol. The summed E-state index contributed by atoms with van der Waals surface area (Å²) in [6.45, 7) is 8.24. The van der Waals surface area contributed by atoms with Gasteiger partial charge in [0.2, 0.25) is 0 Å². The summed E-state index contributed by atoms with van der Waals surface area (Å²) in [5, 5.41) is 15.6. The number of nitrogens with one attached hydrogen (secondary N) is 3. The molecule has 0 bridgehead atoms. The molecule has 0 saturated heterocycles. The van der Waals surface area contributed by atoms with E-state index >= 15 is 0 Å². The van der Waals surface area contributed by atoms with Crippen LogP contribution in [0.1, 0.15) is 34.7 Å². The molecule has 1 heterocycles. The summed E-state index contributed by atoms with van der Waals surface area (Å²) in [5.41, 5.74) is 5.26. The van der Waals surface area contributed by atoms with E-state index in [2.05, 4.69) is 22.2 Å². The molecular formula is C27H26FN5. The van der Waals surface area contributed by atoms with Crippen LogP contribution in [0.4, 0.5) is 10.1 Å². The number of halogens is 1. The van der Waals surface area contributed by atoms with Crippen LogP contribution in [0.15, 0.2) is 83.3 Å². The maximum absolute atomic E-state index is 14.0. The van der Waals surface area contributed by atoms with Crippen molar-refractivity contribution >= 4 is 29.1 Å². The van der Waals surface area contributed by atoms with Crippen LogP contribution in [0.3, 0.4) is 0 Å². The Balaban J connectivity index is 1.76. The number of hydrogen-bond donors (Lipinski definition) is 3. The second-order valence-corrected chi connectivity index (χ2v) is 7.68. The maximum atomic E-state index is 14.0. The zero-order chi connectivity index (χ0) is 23.4. The van der Waals surface area contributed by atoms with E-state index in [9.17, 15) is 4.39 Å². The maximum Gasteiger partial charge on any atom is 0.164 e. The normalized spacial score (nSPS) is 15.2. The number of anilines is 1. The molecule has 1 aliphatic heterocycles. The molecule has 6 heteroatoms. The molecule has 0 amide bonds. The first-order valence-electron chi connectivity index (χ1n) is 10.8. The number of hydrogen-bond acceptors (Lipinski definition) is 4. The van der Waals surface area contributed by atoms with Crippen molar-refractivity contribution in [2.24, 2.45) is 9.98 Å². The number of para-hydroxylation sites is 1. The number of fused-ring (bicyclic) bond motifs is 1. The summed E-state index contributed by atoms with van der Waals surface area (Å²) in [6.07, 6.45) is 1.13. The zero-order valence-corrected chi connectivity index (χ0v) is 18.7. The predicted octanol–water partition coefficient (Wildman–Crippen LogP) is 5.40. The largest absolute Gasteiger partial charge is 0.358 e. The molecule has 5 nitrogen and oxygen atoms in total. The Hall–Kier alpha value is -4.06. The van der Waals surface area contributed by atoms with Crippen LogP contribution < -0.4 is 10.6 Å². The zero-order valence-electron chi connectivity index (χ0n) is 18.7. The van der Waals surface area contributed by atoms with Gasteiger partial charge in [-0.3, -0.25) is 4.99 Å². The molecule has 0 radical (unpaired) electrons. The average molecular weight is 440 g/mol. The van der Waals surface area contributed by atoms with Crippen molar-refractivity contribution < 1.29 is 4.39 Å². The van der Waals surface area contributed by atoms with Crippen LogP contribution in [0, 0.1) is 18.2 Å². The average Bonchev–Trinajstić information content (AvgIpc) is 2.84. The highest BCUT2D eigenvalue weighted by molar-refractivity contribution is 6.19. The lowest BCUT2D eigenvalue weighted by atomic mass is 9.99. The van der Waals surface area contributed by atoms with Crippen molar-refractivity contribution in [2.75, 3.05) is 11.9 Å². The minimum Gasteiger partial charge on any atom is -0.358 e. The van der Waals surface area contributed by atoms with Crippen LogP contribution in [0.2, 0.25) is 0 Å². The Morgan fingerprint density at radius 2 is 1.91 bits per heavy atom. The third-order valence-corrected chi connectivity index (χ3v) is 5.48. The number of aryl methyl sites for hydroxylation is 1. The van der Waals surface area contributed by atoms with E-state index in [-0.39, 0.29) is 5.82 Å². The van der Waals surface area contributed by atoms with Gasteiger partial charge in [-0.25, -0.2) is 9.38 Å². The van der Waals surface area contributed by atoms with E-state index < -0.39 is 6.17 Å². The second kappa shape index (κ2) is 9.61. The highest BCUT2D eigenvalue weighted by atomic mass is 19.1. The third-order valence-electron chi connectivity index (χ3n) is 5.48. The van der Waals surface area contributed by atoms with Crippen molar-refractivity contribution in [1.82, 2.24) is 5.32 Å². The van der Waals surface area contributed by atoms with Gasteiger partial charge in [-0.15, -0.1) is 0 Å². The van der Waals surface area contributed by atoms with E-state index in [1.807, 2.05) is 62.4 Å². The first-order chi connectivity index (χ1) is 16.0. The van der Waals surface area contributed by atoms with Gasteiger partial charge < -0.3 is 16.0 Å². The monoisotopic (exact) mass is 439 g/mol. The first kappa shape index (κ1) is 22.1. The molecule has 166 valence electrons. The number of aliphatic imine (C=N–C) groups is 2. The molecule has 0 saturated carbocycles. The molecule has 0 aromatic heterocycles. The molecule has 3 N–H and O–H groups in total. The Kier molecular flexibility index (Phi) is 6.45. The van der Waals surface area contributed by atoms with Crippen molar-refractivity contribution in [1.29, 1.82) is 5.41 Å². The third kappa shape index (κ3) is 4.60. The Morgan fingerprint density at radius 3 is 2.70 bits per heavy atom. The van der Waals surface area contributed by atoms with Crippen LogP contribution >= 0.6 is 0 Å². The van der Waals surface area contributed by atoms with Gasteiger partial charge in [-0.1, -0.05) is 55.1 Å². The van der Waals surface area contributed by atoms with Gasteiger partial charge in [-0.05, 0) is 49.2 Å². The Labute approximate surface area is 193 Å². The fraction of sp³-hybridized carbons (Fsp3) is 0.148. The lowest BCUT2D eigenvalue weighted by Gasteiger charge is -2.27. The Bertz CT molecular complexity index is 1280. The highest BCUT2D eigenvalue weighted by Gasteiger charge is 2.26. The molecule has 1 unspecified atom stereocenters. The number of amidine groups is 2. The van der Waals surface area contributed by atoms with Gasteiger partial charge in [0.15, 0.2) is 6.17 Å². The second-order valence-electron chi connectivity index (χ2n) is 7.68. The summed E-state index contributed by atoms with van der Waals surface area (Å²) in [7, 11) is 0. The molecule has 0 spiro atoms. The van der Waals surface area contributed by atoms with Gasteiger partial charge in [0.25, 0.3) is 0 Å². The van der Waals surface area contributed by atoms with Crippen molar-refractivity contribution in [3.63, 3.8) is 0 Å². The summed E-state index contributed by atoms with van der Waals surface area (Å²) in [4.78, 5) is 9.43. The molecule has 0 fully saturated rings. The molecule has 4 rings (SSSR count). The summed E-state index contributed by atoms with van der Waals surface area (Å²) in [5.74, 6) is 0.794. The van der Waals surface area contributed by atoms with E-state index in [4.69, 9.17) is 10.4 Å². The van der Waals surface area contributed by atoms with E-state index in [1.54, 1.807) is 12.1 Å². The van der Waals surface area contributed by atoms with Crippen molar-refractivity contribution in [2.45, 2.75) is 20.0 Å². The standard InChI is InChI=1S/C27H26FN5/c1-4-18-10-6-7-11-20(18)24(29)27-31-23-13-9-8-12-21(23)26(33-27)32-25(30-5-2)22-16-19(28)15-14-17(22)3/h4,6-16,27,29,31H,1,5H2,2-3H3,(H,30,32,33). The first-order valence-corrected chi connectivity index (χ1v) is 10.8. The Morgan fingerprint density at radius 1 is 1.15 bits per heavy atom. The molecule has 3 aromatic rings. The van der Waals surface area contributed by atoms with Crippen LogP contribution in [-0.4, -0.2) is 30.1 Å². The molecule has 1 aliphatic rings. The predicted molar refractivity (Wildman–Crippen MR) is 135 cm³/mol. The van der Waals surface area contributed by atoms with E-state index in [0.29, 0.717) is 29.5 Å². The van der Waals surface area contributed by atoms with Crippen LogP contribution in [0.25, 0.3) is 6.08 Å². The number of benzene rings is 3. The number of rotatable bonds is 5. The smallest absolute Gasteiger partial charge is 0.164 e. The summed E-state index contributed by atoms with van der Waals surface area (Å²) in [6, 6.07) is 20.1. The summed E-state index contributed by atoms with van der Waals surface area (Å²) >= 11 is 0. The quantitative estimate of drug-likeness (QED) is 0.368. The fourth-order valence-corrected chi connectivity index (χ4v) is 3.81. The molecule has 3 aromatic carbocycles. The van der Waals surface area contributed by atoms with E-state index in [0.717, 1.165) is 27.9 Å². The van der Waals surface area contributed by atoms with Gasteiger partial charge in [0, 0.05) is 28.9 Å². The fourth-order valence-electron chi connectivity index (χ4n) is 3.81. The minimum absolute atomic E-state index is 0.325. The minimum atomic E-state index is -0.611. The number of nitrogens with zero attached hydrogens (tertiary/aromatic N) is 2. The van der Waals surface area contributed by atoms with Crippen molar-refractivity contribution in [3.05, 3.63) is 107 Å². The SMILES string of the molecule is C=Cc1ccccc1C(=N)C1N=C(NC(=NCC)c2cc(F)ccc2C)c2ccccc2N1. The van der Waals surface area contributed by atoms with Gasteiger partial charge >= 0.3 is 0 Å². The van der Waals surface area contributed by atoms with Crippen molar-refractivity contribution in [3.8, 4) is 0 Å². The van der Waals surface area contributed by atoms with Crippen LogP contribution in [0.5, 0.6) is 0 Å². The topological polar surface area (TPSA) is 72.6 Å². The summed E-state index contributed by atoms with van der Waals surface area (Å²) < 4.78 is 14.0.